The van der Waals surface area contributed by atoms with E-state index in [1.807, 2.05) is 13.8 Å². The molecule has 17 heavy (non-hydrogen) atoms. The number of oxime groups is 1. The molecule has 1 rings (SSSR count). The molecule has 0 unspecified atom stereocenters. The molecule has 0 aromatic carbocycles. The van der Waals surface area contributed by atoms with Gasteiger partial charge in [0, 0.05) is 5.92 Å². The first-order chi connectivity index (χ1) is 7.91. The Morgan fingerprint density at radius 2 is 2.00 bits per heavy atom. The van der Waals surface area contributed by atoms with E-state index in [-0.39, 0.29) is 17.7 Å². The number of hydrogen-bond acceptors (Lipinski definition) is 3. The van der Waals surface area contributed by atoms with Crippen LogP contribution in [0.15, 0.2) is 5.16 Å². The molecule has 0 aromatic rings. The van der Waals surface area contributed by atoms with Crippen molar-refractivity contribution in [2.75, 3.05) is 0 Å². The molecule has 0 atom stereocenters. The number of amides is 1. The largest absolute Gasteiger partial charge is 0.409 e. The lowest BCUT2D eigenvalue weighted by molar-refractivity contribution is -0.125. The van der Waals surface area contributed by atoms with Crippen molar-refractivity contribution in [2.24, 2.45) is 22.7 Å². The first-order valence-electron chi connectivity index (χ1n) is 6.21. The quantitative estimate of drug-likeness (QED) is 0.302. The summed E-state index contributed by atoms with van der Waals surface area (Å²) in [5, 5.41) is 14.9. The predicted molar refractivity (Wildman–Crippen MR) is 66.8 cm³/mol. The van der Waals surface area contributed by atoms with Crippen molar-refractivity contribution in [1.82, 2.24) is 5.32 Å². The van der Waals surface area contributed by atoms with Gasteiger partial charge in [-0.3, -0.25) is 4.79 Å². The summed E-state index contributed by atoms with van der Waals surface area (Å²) >= 11 is 0. The zero-order chi connectivity index (χ0) is 13.1. The van der Waals surface area contributed by atoms with Gasteiger partial charge in [-0.15, -0.1) is 0 Å². The summed E-state index contributed by atoms with van der Waals surface area (Å²) in [7, 11) is 0. The summed E-state index contributed by atoms with van der Waals surface area (Å²) in [5.74, 6) is 0.604. The topological polar surface area (TPSA) is 87.7 Å². The number of amidine groups is 1. The van der Waals surface area contributed by atoms with E-state index in [4.69, 9.17) is 10.9 Å². The lowest BCUT2D eigenvalue weighted by Crippen LogP contribution is -2.59. The van der Waals surface area contributed by atoms with Crippen molar-refractivity contribution in [3.63, 3.8) is 0 Å². The SMILES string of the molecule is CC1CCC(NC(=O)C(C)C)(/C(N)=N/O)CC1. The molecule has 98 valence electrons. The van der Waals surface area contributed by atoms with Gasteiger partial charge in [0.05, 0.1) is 0 Å². The molecule has 0 aromatic heterocycles. The van der Waals surface area contributed by atoms with Crippen LogP contribution in [0.25, 0.3) is 0 Å². The van der Waals surface area contributed by atoms with Crippen molar-refractivity contribution in [3.05, 3.63) is 0 Å². The molecule has 0 radical (unpaired) electrons. The van der Waals surface area contributed by atoms with Gasteiger partial charge in [0.25, 0.3) is 0 Å². The fraction of sp³-hybridized carbons (Fsp3) is 0.833. The normalized spacial score (nSPS) is 30.4. The smallest absolute Gasteiger partial charge is 0.223 e. The lowest BCUT2D eigenvalue weighted by atomic mass is 9.76. The van der Waals surface area contributed by atoms with Gasteiger partial charge in [0.15, 0.2) is 5.84 Å². The van der Waals surface area contributed by atoms with Crippen molar-refractivity contribution in [2.45, 2.75) is 52.0 Å². The summed E-state index contributed by atoms with van der Waals surface area (Å²) in [6, 6.07) is 0. The maximum Gasteiger partial charge on any atom is 0.223 e. The number of rotatable bonds is 3. The first-order valence-corrected chi connectivity index (χ1v) is 6.21. The minimum Gasteiger partial charge on any atom is -0.409 e. The van der Waals surface area contributed by atoms with Crippen LogP contribution in [0.3, 0.4) is 0 Å². The van der Waals surface area contributed by atoms with Crippen LogP contribution in [0.5, 0.6) is 0 Å². The maximum absolute atomic E-state index is 11.8. The third-order valence-electron chi connectivity index (χ3n) is 3.61. The van der Waals surface area contributed by atoms with Gasteiger partial charge in [-0.05, 0) is 31.6 Å². The van der Waals surface area contributed by atoms with Crippen molar-refractivity contribution < 1.29 is 10.0 Å². The van der Waals surface area contributed by atoms with E-state index < -0.39 is 5.54 Å². The van der Waals surface area contributed by atoms with Gasteiger partial charge in [-0.25, -0.2) is 0 Å². The summed E-state index contributed by atoms with van der Waals surface area (Å²) < 4.78 is 0. The van der Waals surface area contributed by atoms with Crippen LogP contribution in [-0.4, -0.2) is 22.5 Å². The molecule has 0 bridgehead atoms. The van der Waals surface area contributed by atoms with E-state index in [1.165, 1.54) is 0 Å². The number of nitrogens with zero attached hydrogens (tertiary/aromatic N) is 1. The summed E-state index contributed by atoms with van der Waals surface area (Å²) in [6.07, 6.45) is 3.44. The Morgan fingerprint density at radius 3 is 2.41 bits per heavy atom. The van der Waals surface area contributed by atoms with E-state index in [9.17, 15) is 4.79 Å². The zero-order valence-corrected chi connectivity index (χ0v) is 10.9. The molecule has 0 saturated heterocycles. The number of carbonyl (C=O) groups excluding carboxylic acids is 1. The molecule has 1 saturated carbocycles. The highest BCUT2D eigenvalue weighted by Crippen LogP contribution is 2.32. The average molecular weight is 241 g/mol. The Balaban J connectivity index is 2.84. The third kappa shape index (κ3) is 3.11. The summed E-state index contributed by atoms with van der Waals surface area (Å²) in [5.41, 5.74) is 5.11. The molecule has 5 nitrogen and oxygen atoms in total. The Hall–Kier alpha value is -1.26. The van der Waals surface area contributed by atoms with Gasteiger partial charge in [-0.2, -0.15) is 0 Å². The number of carbonyl (C=O) groups is 1. The minimum atomic E-state index is -0.650. The number of hydrogen-bond donors (Lipinski definition) is 3. The van der Waals surface area contributed by atoms with Gasteiger partial charge in [-0.1, -0.05) is 25.9 Å². The Bertz CT molecular complexity index is 305. The molecule has 1 aliphatic carbocycles. The Morgan fingerprint density at radius 1 is 1.47 bits per heavy atom. The molecule has 0 aliphatic heterocycles. The van der Waals surface area contributed by atoms with Gasteiger partial charge in [0.2, 0.25) is 5.91 Å². The third-order valence-corrected chi connectivity index (χ3v) is 3.61. The van der Waals surface area contributed by atoms with Crippen LogP contribution in [-0.2, 0) is 4.79 Å². The minimum absolute atomic E-state index is 0.0499. The van der Waals surface area contributed by atoms with E-state index in [0.29, 0.717) is 5.92 Å². The molecule has 0 heterocycles. The second kappa shape index (κ2) is 5.38. The zero-order valence-electron chi connectivity index (χ0n) is 10.9. The predicted octanol–water partition coefficient (Wildman–Crippen LogP) is 1.45. The fourth-order valence-corrected chi connectivity index (χ4v) is 2.18. The number of nitrogens with one attached hydrogen (secondary N) is 1. The van der Waals surface area contributed by atoms with Crippen LogP contribution in [0.2, 0.25) is 0 Å². The van der Waals surface area contributed by atoms with Crippen molar-refractivity contribution in [3.8, 4) is 0 Å². The highest BCUT2D eigenvalue weighted by Gasteiger charge is 2.40. The van der Waals surface area contributed by atoms with E-state index in [1.54, 1.807) is 0 Å². The van der Waals surface area contributed by atoms with E-state index in [2.05, 4.69) is 17.4 Å². The lowest BCUT2D eigenvalue weighted by Gasteiger charge is -2.39. The molecular formula is C12H23N3O2. The number of nitrogens with two attached hydrogens (primary N) is 1. The summed E-state index contributed by atoms with van der Waals surface area (Å²) in [4.78, 5) is 11.8. The standard InChI is InChI=1S/C12H23N3O2/c1-8(2)10(16)14-12(11(13)15-17)6-4-9(3)5-7-12/h8-9,17H,4-7H2,1-3H3,(H2,13,15)(H,14,16). The van der Waals surface area contributed by atoms with E-state index >= 15 is 0 Å². The van der Waals surface area contributed by atoms with Crippen molar-refractivity contribution >= 4 is 11.7 Å². The highest BCUT2D eigenvalue weighted by molar-refractivity contribution is 5.94. The van der Waals surface area contributed by atoms with Gasteiger partial charge >= 0.3 is 0 Å². The summed E-state index contributed by atoms with van der Waals surface area (Å²) in [6.45, 7) is 5.85. The Kier molecular flexibility index (Phi) is 4.37. The fourth-order valence-electron chi connectivity index (χ4n) is 2.18. The molecule has 5 heteroatoms. The van der Waals surface area contributed by atoms with Crippen LogP contribution < -0.4 is 11.1 Å². The Labute approximate surface area is 102 Å². The monoisotopic (exact) mass is 241 g/mol. The average Bonchev–Trinajstić information content (AvgIpc) is 2.31. The second-order valence-corrected chi connectivity index (χ2v) is 5.39. The van der Waals surface area contributed by atoms with Crippen LogP contribution in [0, 0.1) is 11.8 Å². The first kappa shape index (κ1) is 13.8. The van der Waals surface area contributed by atoms with E-state index in [0.717, 1.165) is 25.7 Å². The molecule has 4 N–H and O–H groups in total. The van der Waals surface area contributed by atoms with Crippen LogP contribution in [0.4, 0.5) is 0 Å². The molecule has 0 spiro atoms. The highest BCUT2D eigenvalue weighted by atomic mass is 16.4. The maximum atomic E-state index is 11.8. The molecule has 1 aliphatic rings. The van der Waals surface area contributed by atoms with Crippen LogP contribution >= 0.6 is 0 Å². The van der Waals surface area contributed by atoms with Crippen LogP contribution in [0.1, 0.15) is 46.5 Å². The molecule has 1 amide bonds. The second-order valence-electron chi connectivity index (χ2n) is 5.39. The van der Waals surface area contributed by atoms with Gasteiger partial charge < -0.3 is 16.3 Å². The van der Waals surface area contributed by atoms with Crippen molar-refractivity contribution in [1.29, 1.82) is 0 Å². The molecule has 1 fully saturated rings. The van der Waals surface area contributed by atoms with Gasteiger partial charge in [0.1, 0.15) is 5.54 Å². The molecular weight excluding hydrogens is 218 g/mol.